The van der Waals surface area contributed by atoms with E-state index in [1.54, 1.807) is 0 Å². The quantitative estimate of drug-likeness (QED) is 0.553. The maximum Gasteiger partial charge on any atom is 0.330 e. The molecule has 0 radical (unpaired) electrons. The number of nitrogens with one attached hydrogen (secondary N) is 1. The molecule has 0 fully saturated rings. The molecule has 3 nitrogen and oxygen atoms in total. The minimum atomic E-state index is -3.29. The van der Waals surface area contributed by atoms with Gasteiger partial charge in [-0.25, -0.2) is 0 Å². The van der Waals surface area contributed by atoms with Crippen molar-refractivity contribution in [2.45, 2.75) is 17.4 Å². The summed E-state index contributed by atoms with van der Waals surface area (Å²) in [6, 6.07) is 0. The average molecular weight is 262 g/mol. The van der Waals surface area contributed by atoms with Crippen LogP contribution in [0.4, 0.5) is 8.78 Å². The zero-order valence-corrected chi connectivity index (χ0v) is 9.20. The Kier molecular flexibility index (Phi) is 5.28. The lowest BCUT2D eigenvalue weighted by atomic mass is 10.1. The number of rotatable bonds is 6. The Bertz CT molecular complexity index is 150. The minimum absolute atomic E-state index is 0.200. The molecule has 0 heterocycles. The number of hydrogen-bond donors (Lipinski definition) is 2. The SMILES string of the molecule is COCCNCC(C)(O)C(F)(F)Br. The molecule has 0 amide bonds. The van der Waals surface area contributed by atoms with Gasteiger partial charge in [0.1, 0.15) is 5.60 Å². The van der Waals surface area contributed by atoms with Gasteiger partial charge in [0.15, 0.2) is 0 Å². The lowest BCUT2D eigenvalue weighted by molar-refractivity contribution is -0.101. The first-order chi connectivity index (χ1) is 5.81. The molecule has 13 heavy (non-hydrogen) atoms. The molecular formula is C7H14BrF2NO2. The van der Waals surface area contributed by atoms with Gasteiger partial charge in [0.2, 0.25) is 0 Å². The summed E-state index contributed by atoms with van der Waals surface area (Å²) in [5, 5.41) is 11.9. The average Bonchev–Trinajstić information content (AvgIpc) is 1.96. The fourth-order valence-corrected chi connectivity index (χ4v) is 0.746. The van der Waals surface area contributed by atoms with Crippen LogP contribution >= 0.6 is 15.9 Å². The van der Waals surface area contributed by atoms with E-state index < -0.39 is 10.4 Å². The van der Waals surface area contributed by atoms with E-state index in [-0.39, 0.29) is 6.54 Å². The number of aliphatic hydroxyl groups is 1. The smallest absolute Gasteiger partial charge is 0.330 e. The van der Waals surface area contributed by atoms with Crippen LogP contribution < -0.4 is 5.32 Å². The summed E-state index contributed by atoms with van der Waals surface area (Å²) in [4.78, 5) is -3.29. The van der Waals surface area contributed by atoms with E-state index in [0.717, 1.165) is 6.92 Å². The van der Waals surface area contributed by atoms with Crippen molar-refractivity contribution in [3.05, 3.63) is 0 Å². The van der Waals surface area contributed by atoms with E-state index in [2.05, 4.69) is 21.2 Å². The molecule has 0 saturated heterocycles. The van der Waals surface area contributed by atoms with Gasteiger partial charge in [0.05, 0.1) is 6.61 Å². The standard InChI is InChI=1S/C7H14BrF2NO2/c1-6(12,7(8,9)10)5-11-3-4-13-2/h11-12H,3-5H2,1-2H3. The van der Waals surface area contributed by atoms with Gasteiger partial charge in [-0.1, -0.05) is 0 Å². The lowest BCUT2D eigenvalue weighted by Crippen LogP contribution is -2.49. The first kappa shape index (κ1) is 13.2. The van der Waals surface area contributed by atoms with Crippen molar-refractivity contribution in [1.29, 1.82) is 0 Å². The predicted octanol–water partition coefficient (Wildman–Crippen LogP) is 0.961. The zero-order valence-electron chi connectivity index (χ0n) is 7.61. The van der Waals surface area contributed by atoms with Gasteiger partial charge in [0.25, 0.3) is 0 Å². The summed E-state index contributed by atoms with van der Waals surface area (Å²) in [6.07, 6.45) is 0. The lowest BCUT2D eigenvalue weighted by Gasteiger charge is -2.28. The van der Waals surface area contributed by atoms with Crippen molar-refractivity contribution >= 4 is 15.9 Å². The highest BCUT2D eigenvalue weighted by Gasteiger charge is 2.46. The van der Waals surface area contributed by atoms with Gasteiger partial charge in [-0.05, 0) is 22.9 Å². The molecular weight excluding hydrogens is 248 g/mol. The molecule has 0 saturated carbocycles. The van der Waals surface area contributed by atoms with Gasteiger partial charge in [-0.15, -0.1) is 0 Å². The van der Waals surface area contributed by atoms with Crippen LogP contribution in [0.3, 0.4) is 0 Å². The van der Waals surface area contributed by atoms with Crippen LogP contribution in [-0.4, -0.2) is 42.3 Å². The molecule has 0 aromatic carbocycles. The summed E-state index contributed by atoms with van der Waals surface area (Å²) in [6.45, 7) is 1.70. The molecule has 0 aliphatic heterocycles. The largest absolute Gasteiger partial charge is 0.383 e. The van der Waals surface area contributed by atoms with Gasteiger partial charge >= 0.3 is 4.83 Å². The summed E-state index contributed by atoms with van der Waals surface area (Å²) in [7, 11) is 1.51. The maximum atomic E-state index is 12.6. The van der Waals surface area contributed by atoms with Gasteiger partial charge in [-0.3, -0.25) is 0 Å². The highest BCUT2D eigenvalue weighted by atomic mass is 79.9. The Morgan fingerprint density at radius 2 is 2.08 bits per heavy atom. The van der Waals surface area contributed by atoms with Crippen molar-refractivity contribution in [2.75, 3.05) is 26.8 Å². The Morgan fingerprint density at radius 1 is 1.54 bits per heavy atom. The first-order valence-electron chi connectivity index (χ1n) is 3.80. The second-order valence-corrected chi connectivity index (χ2v) is 3.94. The molecule has 0 aromatic heterocycles. The van der Waals surface area contributed by atoms with E-state index in [4.69, 9.17) is 4.74 Å². The second kappa shape index (κ2) is 5.19. The maximum absolute atomic E-state index is 12.6. The van der Waals surface area contributed by atoms with Crippen molar-refractivity contribution in [3.8, 4) is 0 Å². The molecule has 1 unspecified atom stereocenters. The highest BCUT2D eigenvalue weighted by Crippen LogP contribution is 2.33. The van der Waals surface area contributed by atoms with Crippen molar-refractivity contribution in [3.63, 3.8) is 0 Å². The second-order valence-electron chi connectivity index (χ2n) is 2.94. The third-order valence-corrected chi connectivity index (χ3v) is 2.42. The van der Waals surface area contributed by atoms with Crippen LogP contribution in [0.2, 0.25) is 0 Å². The molecule has 0 bridgehead atoms. The molecule has 0 aromatic rings. The number of ether oxygens (including phenoxy) is 1. The van der Waals surface area contributed by atoms with Gasteiger partial charge in [-0.2, -0.15) is 8.78 Å². The third kappa shape index (κ3) is 4.85. The molecule has 0 rings (SSSR count). The predicted molar refractivity (Wildman–Crippen MR) is 49.2 cm³/mol. The molecule has 0 spiro atoms. The van der Waals surface area contributed by atoms with Crippen molar-refractivity contribution < 1.29 is 18.6 Å². The van der Waals surface area contributed by atoms with Crippen LogP contribution in [0.5, 0.6) is 0 Å². The van der Waals surface area contributed by atoms with Crippen molar-refractivity contribution in [1.82, 2.24) is 5.32 Å². The van der Waals surface area contributed by atoms with Crippen LogP contribution in [0.15, 0.2) is 0 Å². The fraction of sp³-hybridized carbons (Fsp3) is 1.00. The number of alkyl halides is 3. The summed E-state index contributed by atoms with van der Waals surface area (Å²) in [5.41, 5.74) is -2.10. The third-order valence-electron chi connectivity index (χ3n) is 1.56. The normalized spacial score (nSPS) is 17.1. The molecule has 80 valence electrons. The summed E-state index contributed by atoms with van der Waals surface area (Å²) < 4.78 is 29.9. The van der Waals surface area contributed by atoms with E-state index in [1.807, 2.05) is 0 Å². The van der Waals surface area contributed by atoms with Gasteiger partial charge < -0.3 is 15.2 Å². The summed E-state index contributed by atoms with van der Waals surface area (Å²) in [5.74, 6) is 0. The molecule has 0 aliphatic rings. The van der Waals surface area contributed by atoms with E-state index >= 15 is 0 Å². The summed E-state index contributed by atoms with van der Waals surface area (Å²) >= 11 is 2.11. The number of hydrogen-bond acceptors (Lipinski definition) is 3. The first-order valence-corrected chi connectivity index (χ1v) is 4.59. The Morgan fingerprint density at radius 3 is 2.46 bits per heavy atom. The molecule has 1 atom stereocenters. The highest BCUT2D eigenvalue weighted by molar-refractivity contribution is 9.10. The van der Waals surface area contributed by atoms with Crippen LogP contribution in [0.25, 0.3) is 0 Å². The monoisotopic (exact) mass is 261 g/mol. The zero-order chi connectivity index (χ0) is 10.5. The van der Waals surface area contributed by atoms with Crippen LogP contribution in [0.1, 0.15) is 6.92 Å². The van der Waals surface area contributed by atoms with E-state index in [1.165, 1.54) is 7.11 Å². The van der Waals surface area contributed by atoms with Crippen LogP contribution in [0, 0.1) is 0 Å². The minimum Gasteiger partial charge on any atom is -0.383 e. The Balaban J connectivity index is 3.77. The Hall–Kier alpha value is 0.220. The fourth-order valence-electron chi connectivity index (χ4n) is 0.606. The number of halogens is 3. The van der Waals surface area contributed by atoms with Gasteiger partial charge in [0, 0.05) is 20.2 Å². The molecule has 2 N–H and O–H groups in total. The molecule has 0 aliphatic carbocycles. The van der Waals surface area contributed by atoms with Crippen molar-refractivity contribution in [2.24, 2.45) is 0 Å². The Labute approximate surface area is 84.6 Å². The number of methoxy groups -OCH3 is 1. The van der Waals surface area contributed by atoms with Crippen LogP contribution in [-0.2, 0) is 4.74 Å². The van der Waals surface area contributed by atoms with E-state index in [0.29, 0.717) is 13.2 Å². The van der Waals surface area contributed by atoms with E-state index in [9.17, 15) is 13.9 Å². The topological polar surface area (TPSA) is 41.5 Å². The molecule has 6 heteroatoms.